The Morgan fingerprint density at radius 1 is 1.10 bits per heavy atom. The number of rotatable bonds is 1. The molecule has 1 heterocycles. The monoisotopic (exact) mass is 304 g/mol. The third kappa shape index (κ3) is 2.09. The summed E-state index contributed by atoms with van der Waals surface area (Å²) in [4.78, 5) is 16.1. The van der Waals surface area contributed by atoms with Gasteiger partial charge in [-0.1, -0.05) is 41.4 Å². The van der Waals surface area contributed by atoms with Crippen molar-refractivity contribution >= 4 is 34.1 Å². The highest BCUT2D eigenvalue weighted by atomic mass is 35.5. The lowest BCUT2D eigenvalue weighted by atomic mass is 10.1. The molecule has 3 nitrogen and oxygen atoms in total. The van der Waals surface area contributed by atoms with Gasteiger partial charge in [0.15, 0.2) is 0 Å². The Hall–Kier alpha value is -1.84. The molecule has 0 fully saturated rings. The van der Waals surface area contributed by atoms with Crippen molar-refractivity contribution in [2.45, 2.75) is 0 Å². The van der Waals surface area contributed by atoms with Crippen molar-refractivity contribution in [3.63, 3.8) is 0 Å². The number of aromatic nitrogens is 2. The fraction of sp³-hybridized carbons (Fsp3) is 0.0667. The maximum absolute atomic E-state index is 12.0. The Bertz CT molecular complexity index is 871. The van der Waals surface area contributed by atoms with Gasteiger partial charge in [0, 0.05) is 28.0 Å². The smallest absolute Gasteiger partial charge is 0.295 e. The number of hydrogen-bond acceptors (Lipinski definition) is 2. The summed E-state index contributed by atoms with van der Waals surface area (Å²) in [5, 5.41) is 1.94. The van der Waals surface area contributed by atoms with Gasteiger partial charge in [-0.3, -0.25) is 4.57 Å². The van der Waals surface area contributed by atoms with Gasteiger partial charge < -0.3 is 0 Å². The van der Waals surface area contributed by atoms with Crippen LogP contribution in [-0.4, -0.2) is 9.55 Å². The van der Waals surface area contributed by atoms with E-state index in [-0.39, 0.29) is 5.69 Å². The molecule has 0 saturated heterocycles. The highest BCUT2D eigenvalue weighted by molar-refractivity contribution is 6.34. The predicted molar refractivity (Wildman–Crippen MR) is 82.4 cm³/mol. The third-order valence-corrected chi connectivity index (χ3v) is 3.76. The number of nitrogens with zero attached hydrogens (tertiary/aromatic N) is 2. The van der Waals surface area contributed by atoms with E-state index in [4.69, 9.17) is 23.2 Å². The van der Waals surface area contributed by atoms with E-state index in [2.05, 4.69) is 4.98 Å². The number of hydrogen-bond donors (Lipinski definition) is 0. The molecule has 3 aromatic rings. The molecule has 0 atom stereocenters. The fourth-order valence-corrected chi connectivity index (χ4v) is 2.58. The van der Waals surface area contributed by atoms with Crippen molar-refractivity contribution in [1.29, 1.82) is 0 Å². The third-order valence-electron chi connectivity index (χ3n) is 3.20. The van der Waals surface area contributed by atoms with E-state index in [9.17, 15) is 4.79 Å². The van der Waals surface area contributed by atoms with Gasteiger partial charge in [-0.15, -0.1) is 0 Å². The highest BCUT2D eigenvalue weighted by Crippen LogP contribution is 2.31. The Balaban J connectivity index is 2.48. The lowest BCUT2D eigenvalue weighted by Gasteiger charge is -2.10. The van der Waals surface area contributed by atoms with Crippen molar-refractivity contribution in [1.82, 2.24) is 9.55 Å². The zero-order chi connectivity index (χ0) is 14.3. The average Bonchev–Trinajstić information content (AvgIpc) is 2.43. The average molecular weight is 305 g/mol. The van der Waals surface area contributed by atoms with Gasteiger partial charge >= 0.3 is 5.69 Å². The number of benzene rings is 2. The summed E-state index contributed by atoms with van der Waals surface area (Å²) in [5.74, 6) is 0. The van der Waals surface area contributed by atoms with E-state index in [1.165, 1.54) is 4.57 Å². The zero-order valence-electron chi connectivity index (χ0n) is 10.6. The van der Waals surface area contributed by atoms with Crippen LogP contribution in [0.5, 0.6) is 0 Å². The first-order chi connectivity index (χ1) is 9.58. The molecule has 0 aliphatic rings. The molecule has 0 radical (unpaired) electrons. The van der Waals surface area contributed by atoms with Crippen LogP contribution in [0.2, 0.25) is 10.0 Å². The molecule has 2 aromatic carbocycles. The summed E-state index contributed by atoms with van der Waals surface area (Å²) in [6, 6.07) is 12.7. The Morgan fingerprint density at radius 2 is 1.85 bits per heavy atom. The lowest BCUT2D eigenvalue weighted by molar-refractivity contribution is 0.855. The van der Waals surface area contributed by atoms with Crippen LogP contribution in [0.4, 0.5) is 0 Å². The molecule has 0 amide bonds. The largest absolute Gasteiger partial charge is 0.348 e. The molecule has 0 unspecified atom stereocenters. The van der Waals surface area contributed by atoms with Gasteiger partial charge in [0.25, 0.3) is 0 Å². The molecule has 0 spiro atoms. The van der Waals surface area contributed by atoms with Crippen LogP contribution < -0.4 is 5.69 Å². The summed E-state index contributed by atoms with van der Waals surface area (Å²) in [6.07, 6.45) is 0. The Labute approximate surface area is 125 Å². The first-order valence-corrected chi connectivity index (χ1v) is 6.75. The van der Waals surface area contributed by atoms with Crippen molar-refractivity contribution < 1.29 is 0 Å². The fourth-order valence-electron chi connectivity index (χ4n) is 2.18. The molecule has 1 aromatic heterocycles. The van der Waals surface area contributed by atoms with E-state index in [0.717, 1.165) is 16.5 Å². The molecule has 100 valence electrons. The summed E-state index contributed by atoms with van der Waals surface area (Å²) in [7, 11) is 1.68. The van der Waals surface area contributed by atoms with Crippen LogP contribution in [0.15, 0.2) is 47.3 Å². The van der Waals surface area contributed by atoms with Crippen molar-refractivity contribution in [2.24, 2.45) is 7.05 Å². The topological polar surface area (TPSA) is 34.9 Å². The summed E-state index contributed by atoms with van der Waals surface area (Å²) < 4.78 is 1.49. The molecule has 20 heavy (non-hydrogen) atoms. The standard InChI is InChI=1S/C15H10Cl2N2O/c1-19-13-7-6-9(16)8-11(13)14(18-15(19)20)10-4-2-3-5-12(10)17/h2-8H,1H3. The normalized spacial score (nSPS) is 10.9. The first-order valence-electron chi connectivity index (χ1n) is 5.99. The SMILES string of the molecule is Cn1c(=O)nc(-c2ccccc2Cl)c2cc(Cl)ccc21. The van der Waals surface area contributed by atoms with Crippen LogP contribution in [0.3, 0.4) is 0 Å². The summed E-state index contributed by atoms with van der Waals surface area (Å²) in [5.41, 5.74) is 1.72. The van der Waals surface area contributed by atoms with Crippen molar-refractivity contribution in [3.05, 3.63) is 63.0 Å². The van der Waals surface area contributed by atoms with Gasteiger partial charge in [0.1, 0.15) is 0 Å². The second kappa shape index (κ2) is 4.93. The van der Waals surface area contributed by atoms with Gasteiger partial charge in [0.05, 0.1) is 11.2 Å². The molecule has 0 aliphatic heterocycles. The molecule has 3 rings (SSSR count). The Kier molecular flexibility index (Phi) is 3.24. The maximum Gasteiger partial charge on any atom is 0.348 e. The van der Waals surface area contributed by atoms with Gasteiger partial charge in [0.2, 0.25) is 0 Å². The van der Waals surface area contributed by atoms with E-state index < -0.39 is 0 Å². The second-order valence-electron chi connectivity index (χ2n) is 4.44. The summed E-state index contributed by atoms with van der Waals surface area (Å²) in [6.45, 7) is 0. The highest BCUT2D eigenvalue weighted by Gasteiger charge is 2.12. The van der Waals surface area contributed by atoms with E-state index in [1.807, 2.05) is 18.2 Å². The first kappa shape index (κ1) is 13.2. The van der Waals surface area contributed by atoms with Gasteiger partial charge in [-0.25, -0.2) is 4.79 Å². The minimum absolute atomic E-state index is 0.324. The van der Waals surface area contributed by atoms with Crippen LogP contribution >= 0.6 is 23.2 Å². The number of halogens is 2. The molecule has 5 heteroatoms. The molecule has 0 bridgehead atoms. The van der Waals surface area contributed by atoms with Crippen LogP contribution in [0.25, 0.3) is 22.2 Å². The van der Waals surface area contributed by atoms with E-state index in [1.54, 1.807) is 31.3 Å². The van der Waals surface area contributed by atoms with Crippen LogP contribution in [-0.2, 0) is 7.05 Å². The molecule has 0 saturated carbocycles. The lowest BCUT2D eigenvalue weighted by Crippen LogP contribution is -2.21. The minimum atomic E-state index is -0.324. The van der Waals surface area contributed by atoms with E-state index in [0.29, 0.717) is 15.7 Å². The molecule has 0 N–H and O–H groups in total. The number of fused-ring (bicyclic) bond motifs is 1. The predicted octanol–water partition coefficient (Wildman–Crippen LogP) is 3.91. The van der Waals surface area contributed by atoms with Crippen LogP contribution in [0, 0.1) is 0 Å². The second-order valence-corrected chi connectivity index (χ2v) is 5.29. The Morgan fingerprint density at radius 3 is 2.60 bits per heavy atom. The molecule has 0 aliphatic carbocycles. The quantitative estimate of drug-likeness (QED) is 0.683. The zero-order valence-corrected chi connectivity index (χ0v) is 12.1. The van der Waals surface area contributed by atoms with Gasteiger partial charge in [-0.2, -0.15) is 4.98 Å². The maximum atomic E-state index is 12.0. The van der Waals surface area contributed by atoms with Gasteiger partial charge in [-0.05, 0) is 24.3 Å². The molecular formula is C15H10Cl2N2O. The van der Waals surface area contributed by atoms with Crippen LogP contribution in [0.1, 0.15) is 0 Å². The summed E-state index contributed by atoms with van der Waals surface area (Å²) >= 11 is 12.3. The number of aryl methyl sites for hydroxylation is 1. The van der Waals surface area contributed by atoms with Crippen molar-refractivity contribution in [2.75, 3.05) is 0 Å². The molecular weight excluding hydrogens is 295 g/mol. The van der Waals surface area contributed by atoms with E-state index >= 15 is 0 Å². The van der Waals surface area contributed by atoms with Crippen molar-refractivity contribution in [3.8, 4) is 11.3 Å². The minimum Gasteiger partial charge on any atom is -0.295 e.